The Morgan fingerprint density at radius 2 is 2.08 bits per heavy atom. The second-order valence-electron chi connectivity index (χ2n) is 2.66. The number of rotatable bonds is 0. The molecule has 64 valence electrons. The van der Waals surface area contributed by atoms with Crippen molar-refractivity contribution in [3.05, 3.63) is 17.7 Å². The molecule has 0 unspecified atom stereocenters. The van der Waals surface area contributed by atoms with E-state index >= 15 is 0 Å². The fourth-order valence-electron chi connectivity index (χ4n) is 1.20. The molecule has 1 aliphatic heterocycles. The van der Waals surface area contributed by atoms with Gasteiger partial charge >= 0.3 is 0 Å². The van der Waals surface area contributed by atoms with E-state index in [1.165, 1.54) is 0 Å². The van der Waals surface area contributed by atoms with Gasteiger partial charge in [-0.05, 0) is 12.1 Å². The molecule has 1 aromatic carbocycles. The van der Waals surface area contributed by atoms with Crippen molar-refractivity contribution in [1.82, 2.24) is 0 Å². The van der Waals surface area contributed by atoms with E-state index in [2.05, 4.69) is 0 Å². The minimum absolute atomic E-state index is 0.288. The van der Waals surface area contributed by atoms with Crippen molar-refractivity contribution < 1.29 is 9.47 Å². The van der Waals surface area contributed by atoms with Gasteiger partial charge in [-0.2, -0.15) is 0 Å². The predicted molar refractivity (Wildman–Crippen MR) is 45.6 cm³/mol. The van der Waals surface area contributed by atoms with Gasteiger partial charge in [0.15, 0.2) is 6.79 Å². The summed E-state index contributed by atoms with van der Waals surface area (Å²) in [4.78, 5) is 0. The van der Waals surface area contributed by atoms with Crippen LogP contribution in [0.4, 0.5) is 11.4 Å². The van der Waals surface area contributed by atoms with Crippen LogP contribution in [0, 0.1) is 0 Å². The Labute approximate surface area is 70.1 Å². The molecular formula is C8H10N2O2. The molecule has 1 aliphatic rings. The van der Waals surface area contributed by atoms with Crippen LogP contribution < -0.4 is 16.2 Å². The van der Waals surface area contributed by atoms with Crippen molar-refractivity contribution in [3.8, 4) is 5.75 Å². The van der Waals surface area contributed by atoms with E-state index in [1.54, 1.807) is 6.07 Å². The van der Waals surface area contributed by atoms with E-state index in [0.29, 0.717) is 18.0 Å². The summed E-state index contributed by atoms with van der Waals surface area (Å²) in [5, 5.41) is 0. The third-order valence-electron chi connectivity index (χ3n) is 1.89. The van der Waals surface area contributed by atoms with Gasteiger partial charge in [0.05, 0.1) is 18.0 Å². The fourth-order valence-corrected chi connectivity index (χ4v) is 1.20. The highest BCUT2D eigenvalue weighted by molar-refractivity contribution is 5.70. The molecule has 0 aliphatic carbocycles. The van der Waals surface area contributed by atoms with E-state index in [-0.39, 0.29) is 6.79 Å². The van der Waals surface area contributed by atoms with Gasteiger partial charge < -0.3 is 20.9 Å². The van der Waals surface area contributed by atoms with Crippen molar-refractivity contribution in [2.24, 2.45) is 0 Å². The molecule has 4 heteroatoms. The molecule has 12 heavy (non-hydrogen) atoms. The van der Waals surface area contributed by atoms with Crippen LogP contribution in [0.5, 0.6) is 5.75 Å². The van der Waals surface area contributed by atoms with Gasteiger partial charge in [-0.3, -0.25) is 0 Å². The molecule has 4 nitrogen and oxygen atoms in total. The Morgan fingerprint density at radius 3 is 2.92 bits per heavy atom. The summed E-state index contributed by atoms with van der Waals surface area (Å²) < 4.78 is 10.3. The van der Waals surface area contributed by atoms with E-state index in [1.807, 2.05) is 6.07 Å². The maximum Gasteiger partial charge on any atom is 0.189 e. The molecule has 0 fully saturated rings. The number of hydrogen-bond acceptors (Lipinski definition) is 4. The van der Waals surface area contributed by atoms with Crippen LogP contribution in [0.2, 0.25) is 0 Å². The van der Waals surface area contributed by atoms with E-state index in [4.69, 9.17) is 20.9 Å². The van der Waals surface area contributed by atoms with Crippen LogP contribution in [0.15, 0.2) is 12.1 Å². The average molecular weight is 166 g/mol. The Bertz CT molecular complexity index is 312. The number of hydrogen-bond donors (Lipinski definition) is 2. The van der Waals surface area contributed by atoms with Gasteiger partial charge in [0.1, 0.15) is 5.75 Å². The van der Waals surface area contributed by atoms with Crippen molar-refractivity contribution in [2.45, 2.75) is 6.61 Å². The Kier molecular flexibility index (Phi) is 1.55. The number of anilines is 2. The van der Waals surface area contributed by atoms with Gasteiger partial charge in [-0.25, -0.2) is 0 Å². The van der Waals surface area contributed by atoms with Gasteiger partial charge in [-0.15, -0.1) is 0 Å². The zero-order valence-corrected chi connectivity index (χ0v) is 6.54. The molecule has 4 N–H and O–H groups in total. The monoisotopic (exact) mass is 166 g/mol. The smallest absolute Gasteiger partial charge is 0.189 e. The molecule has 0 aromatic heterocycles. The van der Waals surface area contributed by atoms with Crippen molar-refractivity contribution in [2.75, 3.05) is 18.3 Å². The first-order chi connectivity index (χ1) is 5.79. The molecule has 0 saturated carbocycles. The summed E-state index contributed by atoms with van der Waals surface area (Å²) in [6.45, 7) is 0.766. The summed E-state index contributed by atoms with van der Waals surface area (Å²) in [6, 6.07) is 3.54. The summed E-state index contributed by atoms with van der Waals surface area (Å²) in [5.74, 6) is 0.771. The number of nitrogens with two attached hydrogens (primary N) is 2. The van der Waals surface area contributed by atoms with Gasteiger partial charge in [-0.1, -0.05) is 0 Å². The first-order valence-corrected chi connectivity index (χ1v) is 3.66. The molecule has 0 amide bonds. The predicted octanol–water partition coefficient (Wildman–Crippen LogP) is 0.718. The Balaban J connectivity index is 2.54. The van der Waals surface area contributed by atoms with Gasteiger partial charge in [0, 0.05) is 5.56 Å². The zero-order chi connectivity index (χ0) is 8.55. The minimum atomic E-state index is 0.288. The normalized spacial score (nSPS) is 15.0. The molecule has 0 spiro atoms. The van der Waals surface area contributed by atoms with Crippen LogP contribution in [-0.2, 0) is 11.3 Å². The highest BCUT2D eigenvalue weighted by Gasteiger charge is 2.14. The van der Waals surface area contributed by atoms with Crippen molar-refractivity contribution in [3.63, 3.8) is 0 Å². The quantitative estimate of drug-likeness (QED) is 0.557. The summed E-state index contributed by atoms with van der Waals surface area (Å²) >= 11 is 0. The second kappa shape index (κ2) is 2.57. The van der Waals surface area contributed by atoms with Crippen molar-refractivity contribution in [1.29, 1.82) is 0 Å². The second-order valence-corrected chi connectivity index (χ2v) is 2.66. The lowest BCUT2D eigenvalue weighted by molar-refractivity contribution is -0.0158. The third kappa shape index (κ3) is 0.967. The molecule has 2 rings (SSSR count). The van der Waals surface area contributed by atoms with Crippen LogP contribution >= 0.6 is 0 Å². The summed E-state index contributed by atoms with van der Waals surface area (Å²) in [5.41, 5.74) is 13.3. The number of ether oxygens (including phenoxy) is 2. The summed E-state index contributed by atoms with van der Waals surface area (Å²) in [7, 11) is 0. The Morgan fingerprint density at radius 1 is 1.25 bits per heavy atom. The largest absolute Gasteiger partial charge is 0.467 e. The fraction of sp³-hybridized carbons (Fsp3) is 0.250. The van der Waals surface area contributed by atoms with E-state index in [9.17, 15) is 0 Å². The maximum absolute atomic E-state index is 5.72. The highest BCUT2D eigenvalue weighted by atomic mass is 16.7. The van der Waals surface area contributed by atoms with Crippen molar-refractivity contribution >= 4 is 11.4 Å². The minimum Gasteiger partial charge on any atom is -0.467 e. The first-order valence-electron chi connectivity index (χ1n) is 3.66. The van der Waals surface area contributed by atoms with Crippen LogP contribution in [0.3, 0.4) is 0 Å². The standard InChI is InChI=1S/C8H10N2O2/c9-6-1-2-7-5(8(6)10)3-11-4-12-7/h1-2H,3-4,9-10H2. The lowest BCUT2D eigenvalue weighted by Crippen LogP contribution is -2.13. The topological polar surface area (TPSA) is 70.5 Å². The van der Waals surface area contributed by atoms with Crippen LogP contribution in [0.25, 0.3) is 0 Å². The first kappa shape index (κ1) is 7.24. The molecule has 0 bridgehead atoms. The third-order valence-corrected chi connectivity index (χ3v) is 1.89. The molecule has 0 saturated heterocycles. The van der Waals surface area contributed by atoms with Crippen LogP contribution in [0.1, 0.15) is 5.56 Å². The molecular weight excluding hydrogens is 156 g/mol. The zero-order valence-electron chi connectivity index (χ0n) is 6.54. The number of fused-ring (bicyclic) bond motifs is 1. The summed E-state index contributed by atoms with van der Waals surface area (Å²) in [6.07, 6.45) is 0. The SMILES string of the molecule is Nc1ccc2c(c1N)COCO2. The van der Waals surface area contributed by atoms with Crippen LogP contribution in [-0.4, -0.2) is 6.79 Å². The van der Waals surface area contributed by atoms with Gasteiger partial charge in [0.2, 0.25) is 0 Å². The van der Waals surface area contributed by atoms with Gasteiger partial charge in [0.25, 0.3) is 0 Å². The van der Waals surface area contributed by atoms with E-state index < -0.39 is 0 Å². The molecule has 0 radical (unpaired) electrons. The highest BCUT2D eigenvalue weighted by Crippen LogP contribution is 2.32. The average Bonchev–Trinajstić information content (AvgIpc) is 2.12. The lowest BCUT2D eigenvalue weighted by atomic mass is 10.1. The lowest BCUT2D eigenvalue weighted by Gasteiger charge is -2.19. The maximum atomic E-state index is 5.72. The number of nitrogen functional groups attached to an aromatic ring is 2. The van der Waals surface area contributed by atoms with E-state index in [0.717, 1.165) is 11.3 Å². The molecule has 1 aromatic rings. The molecule has 1 heterocycles. The Hall–Kier alpha value is -1.42. The molecule has 0 atom stereocenters. The number of benzene rings is 1.